The van der Waals surface area contributed by atoms with Gasteiger partial charge in [-0.05, 0) is 17.7 Å². The normalized spacial score (nSPS) is 28.0. The maximum absolute atomic E-state index is 10.6. The van der Waals surface area contributed by atoms with Crippen LogP contribution in [-0.2, 0) is 9.57 Å². The van der Waals surface area contributed by atoms with Gasteiger partial charge in [0.2, 0.25) is 6.29 Å². The first-order valence-electron chi connectivity index (χ1n) is 5.88. The first-order valence-corrected chi connectivity index (χ1v) is 5.88. The maximum atomic E-state index is 10.6. The Hall–Kier alpha value is -0.710. The van der Waals surface area contributed by atoms with Crippen LogP contribution in [0.3, 0.4) is 0 Å². The third-order valence-electron chi connectivity index (χ3n) is 2.91. The third kappa shape index (κ3) is 4.38. The molecule has 1 aliphatic rings. The van der Waals surface area contributed by atoms with Crippen LogP contribution in [0.2, 0.25) is 0 Å². The van der Waals surface area contributed by atoms with E-state index in [-0.39, 0.29) is 35.1 Å². The van der Waals surface area contributed by atoms with Crippen molar-refractivity contribution in [2.45, 2.75) is 24.6 Å². The van der Waals surface area contributed by atoms with Gasteiger partial charge < -0.3 is 30.0 Å². The van der Waals surface area contributed by atoms with E-state index in [1.807, 2.05) is 0 Å². The zero-order chi connectivity index (χ0) is 14.7. The fourth-order valence-corrected chi connectivity index (χ4v) is 1.76. The molecule has 0 bridgehead atoms. The number of carboxylic acid groups (broad SMARTS) is 1. The molecule has 0 aromatic heterocycles. The Bertz CT molecular complexity index is 469. The number of aliphatic hydroxyl groups is 3. The predicted molar refractivity (Wildman–Crippen MR) is 63.2 cm³/mol. The predicted octanol–water partition coefficient (Wildman–Crippen LogP) is -5.16. The fraction of sp³-hybridized carbons (Fsp3) is 0.417. The summed E-state index contributed by atoms with van der Waals surface area (Å²) in [5.74, 6) is -1.29. The van der Waals surface area contributed by atoms with Gasteiger partial charge in [-0.3, -0.25) is 5.48 Å². The second kappa shape index (κ2) is 8.06. The van der Waals surface area contributed by atoms with Crippen LogP contribution in [0.1, 0.15) is 10.4 Å². The largest absolute Gasteiger partial charge is 1.00 e. The van der Waals surface area contributed by atoms with Crippen LogP contribution in [0.4, 0.5) is 5.69 Å². The minimum Gasteiger partial charge on any atom is -0.545 e. The summed E-state index contributed by atoms with van der Waals surface area (Å²) < 4.78 is 5.08. The van der Waals surface area contributed by atoms with E-state index >= 15 is 0 Å². The quantitative estimate of drug-likeness (QED) is 0.314. The van der Waals surface area contributed by atoms with Crippen molar-refractivity contribution >= 4 is 11.7 Å². The molecule has 0 spiro atoms. The van der Waals surface area contributed by atoms with Crippen LogP contribution in [0.25, 0.3) is 0 Å². The summed E-state index contributed by atoms with van der Waals surface area (Å²) in [4.78, 5) is 15.6. The van der Waals surface area contributed by atoms with Crippen molar-refractivity contribution in [1.29, 1.82) is 0 Å². The molecule has 1 aromatic carbocycles. The molecule has 110 valence electrons. The number of carbonyl (C=O) groups excluding carboxylic acids is 1. The number of anilines is 1. The Morgan fingerprint density at radius 1 is 1.29 bits per heavy atom. The zero-order valence-electron chi connectivity index (χ0n) is 11.3. The number of nitrogens with one attached hydrogen (secondary N) is 1. The van der Waals surface area contributed by atoms with Crippen molar-refractivity contribution in [3.8, 4) is 0 Å². The number of aromatic carboxylic acids is 1. The molecule has 21 heavy (non-hydrogen) atoms. The Kier molecular flexibility index (Phi) is 7.04. The molecule has 0 aliphatic carbocycles. The molecular weight excluding hydrogens is 293 g/mol. The summed E-state index contributed by atoms with van der Waals surface area (Å²) in [5.41, 5.74) is 2.90. The van der Waals surface area contributed by atoms with Gasteiger partial charge in [0.05, 0.1) is 18.3 Å². The van der Waals surface area contributed by atoms with E-state index in [4.69, 9.17) is 14.7 Å². The van der Waals surface area contributed by atoms with E-state index in [0.29, 0.717) is 5.69 Å². The van der Waals surface area contributed by atoms with E-state index in [9.17, 15) is 20.1 Å². The van der Waals surface area contributed by atoms with Gasteiger partial charge >= 0.3 is 29.6 Å². The summed E-state index contributed by atoms with van der Waals surface area (Å²) in [6.45, 7) is -0.446. The zero-order valence-corrected chi connectivity index (χ0v) is 13.3. The van der Waals surface area contributed by atoms with Crippen LogP contribution in [0.5, 0.6) is 0 Å². The molecule has 4 atom stereocenters. The van der Waals surface area contributed by atoms with Crippen molar-refractivity contribution in [3.63, 3.8) is 0 Å². The molecule has 2 rings (SSSR count). The van der Waals surface area contributed by atoms with Gasteiger partial charge in [-0.25, -0.2) is 4.84 Å². The Labute approximate surface area is 142 Å². The molecule has 1 unspecified atom stereocenters. The molecule has 1 heterocycles. The van der Waals surface area contributed by atoms with Crippen LogP contribution in [-0.4, -0.2) is 52.5 Å². The van der Waals surface area contributed by atoms with Gasteiger partial charge in [0.25, 0.3) is 0 Å². The second-order valence-electron chi connectivity index (χ2n) is 4.29. The standard InChI is InChI=1S/C12H15NO7.Na/c14-5-8-9(15)10(16)12(19-8)20-13-7-3-1-6(2-4-7)11(17)18;/h1-4,8-10,12-16H,5H2,(H,17,18);/q;+1/p-1/t8-,9+,10-,12?;/m1./s1. The average Bonchev–Trinajstić information content (AvgIpc) is 2.73. The Morgan fingerprint density at radius 2 is 1.90 bits per heavy atom. The van der Waals surface area contributed by atoms with E-state index in [1.54, 1.807) is 0 Å². The maximum Gasteiger partial charge on any atom is 1.00 e. The Morgan fingerprint density at radius 3 is 2.38 bits per heavy atom. The van der Waals surface area contributed by atoms with Crippen LogP contribution in [0.15, 0.2) is 24.3 Å². The summed E-state index contributed by atoms with van der Waals surface area (Å²) in [6.07, 6.45) is -4.62. The molecule has 0 saturated carbocycles. The SMILES string of the molecule is O=C([O-])c1ccc(NOC2O[C@H](CO)[C@H](O)[C@H]2O)cc1.[Na+]. The third-order valence-corrected chi connectivity index (χ3v) is 2.91. The molecular formula is C12H14NNaO7. The van der Waals surface area contributed by atoms with Crippen molar-refractivity contribution in [2.75, 3.05) is 12.1 Å². The number of benzene rings is 1. The molecule has 0 amide bonds. The number of aliphatic hydroxyl groups excluding tert-OH is 3. The van der Waals surface area contributed by atoms with Gasteiger partial charge in [-0.2, -0.15) is 0 Å². The first kappa shape index (κ1) is 18.3. The number of hydrogen-bond donors (Lipinski definition) is 4. The topological polar surface area (TPSA) is 131 Å². The van der Waals surface area contributed by atoms with Crippen LogP contribution >= 0.6 is 0 Å². The number of ether oxygens (including phenoxy) is 1. The number of carboxylic acids is 1. The molecule has 4 N–H and O–H groups in total. The van der Waals surface area contributed by atoms with Crippen LogP contribution < -0.4 is 40.1 Å². The molecule has 0 radical (unpaired) electrons. The number of carbonyl (C=O) groups is 1. The van der Waals surface area contributed by atoms with Gasteiger partial charge in [-0.1, -0.05) is 12.1 Å². The second-order valence-corrected chi connectivity index (χ2v) is 4.29. The van der Waals surface area contributed by atoms with Crippen molar-refractivity contribution in [2.24, 2.45) is 0 Å². The minimum atomic E-state index is -1.30. The van der Waals surface area contributed by atoms with E-state index in [2.05, 4.69) is 5.48 Å². The van der Waals surface area contributed by atoms with E-state index in [0.717, 1.165) is 0 Å². The molecule has 8 nitrogen and oxygen atoms in total. The Balaban J connectivity index is 0.00000220. The summed E-state index contributed by atoms with van der Waals surface area (Å²) in [6, 6.07) is 5.51. The van der Waals surface area contributed by atoms with Crippen molar-refractivity contribution in [3.05, 3.63) is 29.8 Å². The van der Waals surface area contributed by atoms with Gasteiger partial charge in [0.1, 0.15) is 18.3 Å². The minimum absolute atomic E-state index is 0. The smallest absolute Gasteiger partial charge is 0.545 e. The van der Waals surface area contributed by atoms with Gasteiger partial charge in [-0.15, -0.1) is 0 Å². The van der Waals surface area contributed by atoms with E-state index in [1.165, 1.54) is 24.3 Å². The van der Waals surface area contributed by atoms with Gasteiger partial charge in [0.15, 0.2) is 0 Å². The summed E-state index contributed by atoms with van der Waals surface area (Å²) in [5, 5.41) is 38.6. The van der Waals surface area contributed by atoms with Gasteiger partial charge in [0, 0.05) is 0 Å². The monoisotopic (exact) mass is 307 g/mol. The van der Waals surface area contributed by atoms with Crippen molar-refractivity contribution < 1.29 is 64.4 Å². The number of rotatable bonds is 5. The average molecular weight is 307 g/mol. The first-order chi connectivity index (χ1) is 9.52. The van der Waals surface area contributed by atoms with E-state index < -0.39 is 37.2 Å². The summed E-state index contributed by atoms with van der Waals surface area (Å²) in [7, 11) is 0. The molecule has 9 heteroatoms. The van der Waals surface area contributed by atoms with Crippen molar-refractivity contribution in [1.82, 2.24) is 0 Å². The fourth-order valence-electron chi connectivity index (χ4n) is 1.76. The molecule has 1 aromatic rings. The molecule has 1 saturated heterocycles. The summed E-state index contributed by atoms with van der Waals surface area (Å²) >= 11 is 0. The van der Waals surface area contributed by atoms with Crippen LogP contribution in [0, 0.1) is 0 Å². The number of hydrogen-bond acceptors (Lipinski definition) is 8. The molecule has 1 fully saturated rings. The molecule has 1 aliphatic heterocycles.